The van der Waals surface area contributed by atoms with E-state index in [1.54, 1.807) is 4.90 Å². The number of rotatable bonds is 12. The van der Waals surface area contributed by atoms with Gasteiger partial charge in [0.05, 0.1) is 12.1 Å². The monoisotopic (exact) mass is 627 g/mol. The molecule has 1 aliphatic rings. The summed E-state index contributed by atoms with van der Waals surface area (Å²) in [5.41, 5.74) is 8.25. The lowest BCUT2D eigenvalue weighted by atomic mass is 9.86. The summed E-state index contributed by atoms with van der Waals surface area (Å²) in [5.74, 6) is -1.16. The number of amides is 3. The zero-order valence-corrected chi connectivity index (χ0v) is 27.4. The lowest BCUT2D eigenvalue weighted by Gasteiger charge is -2.48. The third-order valence-electron chi connectivity index (χ3n) is 8.61. The highest BCUT2D eigenvalue weighted by atomic mass is 16.6. The number of aliphatic hydroxyl groups is 1. The van der Waals surface area contributed by atoms with Crippen LogP contribution in [0.4, 0.5) is 4.79 Å². The van der Waals surface area contributed by atoms with E-state index in [4.69, 9.17) is 10.5 Å². The second kappa shape index (κ2) is 16.5. The molecule has 3 aromatic rings. The molecule has 0 radical (unpaired) electrons. The molecule has 0 aromatic heterocycles. The molecule has 246 valence electrons. The van der Waals surface area contributed by atoms with E-state index in [0.717, 1.165) is 53.7 Å². The number of carbonyl (C=O) groups is 3. The largest absolute Gasteiger partial charge is 0.444 e. The van der Waals surface area contributed by atoms with E-state index in [-0.39, 0.29) is 31.3 Å². The van der Waals surface area contributed by atoms with Gasteiger partial charge in [-0.05, 0) is 69.6 Å². The zero-order chi connectivity index (χ0) is 33.1. The highest BCUT2D eigenvalue weighted by Gasteiger charge is 2.48. The molecule has 0 unspecified atom stereocenters. The van der Waals surface area contributed by atoms with Gasteiger partial charge in [-0.3, -0.25) is 9.59 Å². The number of nitrogens with zero attached hydrogens (tertiary/aromatic N) is 2. The predicted molar refractivity (Wildman–Crippen MR) is 179 cm³/mol. The molecule has 0 heterocycles. The standard InChI is InChI=1S/C38H49N3O5/c1-38(2,3)41(35(43)31-22-14-7-15-23-31)34(33(42)25-24-28-16-8-4-9-17-28)40(37(45)46-27-30-20-12-6-13-21-30)36(44)32(39)26-29-18-10-5-11-19-29/h4-6,8-13,16-21,31-34,42H,7,14-15,22-27,39H2,1-3H3/t32-,33-,34-/m0/s1. The van der Waals surface area contributed by atoms with Gasteiger partial charge in [0.15, 0.2) is 0 Å². The quantitative estimate of drug-likeness (QED) is 0.230. The van der Waals surface area contributed by atoms with Crippen molar-refractivity contribution in [1.82, 2.24) is 9.80 Å². The van der Waals surface area contributed by atoms with Crippen LogP contribution in [-0.4, -0.2) is 56.7 Å². The molecule has 1 saturated carbocycles. The van der Waals surface area contributed by atoms with Crippen LogP contribution in [0.5, 0.6) is 0 Å². The topological polar surface area (TPSA) is 113 Å². The number of aryl methyl sites for hydroxylation is 1. The number of benzene rings is 3. The molecule has 8 heteroatoms. The highest BCUT2D eigenvalue weighted by molar-refractivity contribution is 5.96. The second-order valence-electron chi connectivity index (χ2n) is 13.3. The van der Waals surface area contributed by atoms with E-state index in [1.165, 1.54) is 0 Å². The van der Waals surface area contributed by atoms with Crippen LogP contribution in [0, 0.1) is 5.92 Å². The third kappa shape index (κ3) is 9.50. The van der Waals surface area contributed by atoms with E-state index in [1.807, 2.05) is 112 Å². The van der Waals surface area contributed by atoms with Gasteiger partial charge in [-0.1, -0.05) is 110 Å². The maximum absolute atomic E-state index is 14.4. The van der Waals surface area contributed by atoms with Gasteiger partial charge in [0.1, 0.15) is 12.8 Å². The van der Waals surface area contributed by atoms with E-state index >= 15 is 0 Å². The van der Waals surface area contributed by atoms with Gasteiger partial charge in [0.2, 0.25) is 5.91 Å². The van der Waals surface area contributed by atoms with Crippen LogP contribution in [0.1, 0.15) is 76.0 Å². The molecule has 46 heavy (non-hydrogen) atoms. The highest BCUT2D eigenvalue weighted by Crippen LogP contribution is 2.32. The molecule has 4 rings (SSSR count). The Kier molecular flexibility index (Phi) is 12.5. The van der Waals surface area contributed by atoms with Crippen molar-refractivity contribution in [3.63, 3.8) is 0 Å². The minimum absolute atomic E-state index is 0.0870. The van der Waals surface area contributed by atoms with Crippen molar-refractivity contribution in [2.45, 2.75) is 103 Å². The zero-order valence-electron chi connectivity index (χ0n) is 27.4. The number of carbonyl (C=O) groups excluding carboxylic acids is 3. The molecule has 0 bridgehead atoms. The second-order valence-corrected chi connectivity index (χ2v) is 13.3. The summed E-state index contributed by atoms with van der Waals surface area (Å²) in [5, 5.41) is 12.0. The molecule has 1 aliphatic carbocycles. The summed E-state index contributed by atoms with van der Waals surface area (Å²) >= 11 is 0. The minimum Gasteiger partial charge on any atom is -0.444 e. The van der Waals surface area contributed by atoms with Crippen molar-refractivity contribution >= 4 is 17.9 Å². The molecule has 0 aliphatic heterocycles. The van der Waals surface area contributed by atoms with Crippen molar-refractivity contribution in [2.24, 2.45) is 11.7 Å². The lowest BCUT2D eigenvalue weighted by Crippen LogP contribution is -2.67. The Morgan fingerprint density at radius 1 is 0.826 bits per heavy atom. The van der Waals surface area contributed by atoms with Gasteiger partial charge < -0.3 is 20.5 Å². The van der Waals surface area contributed by atoms with Crippen molar-refractivity contribution < 1.29 is 24.2 Å². The molecule has 0 spiro atoms. The maximum atomic E-state index is 14.4. The van der Waals surface area contributed by atoms with Gasteiger partial charge in [-0.15, -0.1) is 0 Å². The number of ether oxygens (including phenoxy) is 1. The summed E-state index contributed by atoms with van der Waals surface area (Å²) in [6.45, 7) is 5.52. The fourth-order valence-electron chi connectivity index (χ4n) is 6.22. The molecule has 3 atom stereocenters. The summed E-state index contributed by atoms with van der Waals surface area (Å²) in [6.07, 6.45) is 1.64. The van der Waals surface area contributed by atoms with Crippen LogP contribution in [0.3, 0.4) is 0 Å². The lowest BCUT2D eigenvalue weighted by molar-refractivity contribution is -0.163. The summed E-state index contributed by atoms with van der Waals surface area (Å²) in [4.78, 5) is 45.5. The first-order valence-electron chi connectivity index (χ1n) is 16.4. The van der Waals surface area contributed by atoms with Gasteiger partial charge in [0, 0.05) is 11.5 Å². The number of nitrogens with two attached hydrogens (primary N) is 1. The van der Waals surface area contributed by atoms with Gasteiger partial charge in [-0.2, -0.15) is 0 Å². The first-order valence-corrected chi connectivity index (χ1v) is 16.4. The number of hydrogen-bond acceptors (Lipinski definition) is 6. The molecule has 1 fully saturated rings. The molecule has 0 saturated heterocycles. The minimum atomic E-state index is -1.34. The van der Waals surface area contributed by atoms with Crippen LogP contribution in [-0.2, 0) is 33.8 Å². The van der Waals surface area contributed by atoms with Crippen LogP contribution >= 0.6 is 0 Å². The van der Waals surface area contributed by atoms with Crippen LogP contribution < -0.4 is 5.73 Å². The van der Waals surface area contributed by atoms with Crippen LogP contribution in [0.25, 0.3) is 0 Å². The Hall–Kier alpha value is -4.01. The smallest absolute Gasteiger partial charge is 0.418 e. The van der Waals surface area contributed by atoms with Gasteiger partial charge in [0.25, 0.3) is 5.91 Å². The molecular weight excluding hydrogens is 578 g/mol. The predicted octanol–water partition coefficient (Wildman–Crippen LogP) is 6.25. The molecule has 3 amide bonds. The van der Waals surface area contributed by atoms with Gasteiger partial charge in [-0.25, -0.2) is 9.69 Å². The Bertz CT molecular complexity index is 1390. The summed E-state index contributed by atoms with van der Waals surface area (Å²) < 4.78 is 5.76. The number of imide groups is 1. The average Bonchev–Trinajstić information content (AvgIpc) is 3.07. The molecule has 3 aromatic carbocycles. The van der Waals surface area contributed by atoms with E-state index in [0.29, 0.717) is 6.42 Å². The maximum Gasteiger partial charge on any atom is 0.418 e. The van der Waals surface area contributed by atoms with E-state index < -0.39 is 35.9 Å². The van der Waals surface area contributed by atoms with Crippen LogP contribution in [0.2, 0.25) is 0 Å². The Balaban J connectivity index is 1.76. The summed E-state index contributed by atoms with van der Waals surface area (Å²) in [6, 6.07) is 27.1. The van der Waals surface area contributed by atoms with Crippen molar-refractivity contribution in [3.05, 3.63) is 108 Å². The molecular formula is C38H49N3O5. The third-order valence-corrected chi connectivity index (χ3v) is 8.61. The Labute approximate surface area is 273 Å². The van der Waals surface area contributed by atoms with Crippen LogP contribution in [0.15, 0.2) is 91.0 Å². The van der Waals surface area contributed by atoms with Crippen molar-refractivity contribution in [2.75, 3.05) is 0 Å². The van der Waals surface area contributed by atoms with E-state index in [9.17, 15) is 19.5 Å². The fourth-order valence-corrected chi connectivity index (χ4v) is 6.22. The SMILES string of the molecule is CC(C)(C)N(C(=O)C1CCCCC1)[C@@H]([C@@H](O)CCc1ccccc1)N(C(=O)OCc1ccccc1)C(=O)[C@@H](N)Cc1ccccc1. The molecule has 3 N–H and O–H groups in total. The fraction of sp³-hybridized carbons (Fsp3) is 0.447. The van der Waals surface area contributed by atoms with Crippen molar-refractivity contribution in [3.8, 4) is 0 Å². The Morgan fingerprint density at radius 3 is 1.89 bits per heavy atom. The van der Waals surface area contributed by atoms with Gasteiger partial charge >= 0.3 is 6.09 Å². The summed E-state index contributed by atoms with van der Waals surface area (Å²) in [7, 11) is 0. The number of aliphatic hydroxyl groups excluding tert-OH is 1. The first kappa shape index (κ1) is 34.9. The number of hydrogen-bond donors (Lipinski definition) is 2. The molecule has 8 nitrogen and oxygen atoms in total. The van der Waals surface area contributed by atoms with E-state index in [2.05, 4.69) is 0 Å². The normalized spacial score (nSPS) is 15.8. The average molecular weight is 628 g/mol. The first-order chi connectivity index (χ1) is 22.1. The van der Waals surface area contributed by atoms with Crippen molar-refractivity contribution in [1.29, 1.82) is 0 Å². The Morgan fingerprint density at radius 2 is 1.35 bits per heavy atom.